The van der Waals surface area contributed by atoms with Gasteiger partial charge >= 0.3 is 5.97 Å². The highest BCUT2D eigenvalue weighted by atomic mass is 32.1. The summed E-state index contributed by atoms with van der Waals surface area (Å²) in [6.45, 7) is 4.00. The number of pyridine rings is 1. The van der Waals surface area contributed by atoms with Crippen molar-refractivity contribution in [1.29, 1.82) is 0 Å². The van der Waals surface area contributed by atoms with Gasteiger partial charge in [-0.15, -0.1) is 0 Å². The predicted molar refractivity (Wildman–Crippen MR) is 157 cm³/mol. The third-order valence-electron chi connectivity index (χ3n) is 6.94. The lowest BCUT2D eigenvalue weighted by Crippen LogP contribution is -2.29. The van der Waals surface area contributed by atoms with E-state index >= 15 is 0 Å². The van der Waals surface area contributed by atoms with Crippen molar-refractivity contribution in [1.82, 2.24) is 14.9 Å². The third kappa shape index (κ3) is 5.18. The number of carbonyl (C=O) groups excluding carboxylic acids is 1. The summed E-state index contributed by atoms with van der Waals surface area (Å²) in [4.78, 5) is 30.3. The number of anilines is 2. The molecule has 2 aromatic carbocycles. The molecule has 0 radical (unpaired) electrons. The van der Waals surface area contributed by atoms with Crippen LogP contribution in [-0.4, -0.2) is 45.4 Å². The van der Waals surface area contributed by atoms with Crippen molar-refractivity contribution in [2.45, 2.75) is 25.9 Å². The highest BCUT2D eigenvalue weighted by molar-refractivity contribution is 7.80. The molecule has 4 aromatic rings. The first-order chi connectivity index (χ1) is 19.3. The summed E-state index contributed by atoms with van der Waals surface area (Å²) >= 11 is 5.86. The Morgan fingerprint density at radius 2 is 1.82 bits per heavy atom. The Morgan fingerprint density at radius 1 is 1.05 bits per heavy atom. The Kier molecular flexibility index (Phi) is 7.63. The Balaban J connectivity index is 1.59. The van der Waals surface area contributed by atoms with Crippen LogP contribution >= 0.6 is 12.2 Å². The van der Waals surface area contributed by atoms with Crippen LogP contribution in [0.2, 0.25) is 0 Å². The topological polar surface area (TPSA) is 109 Å². The Bertz CT molecular complexity index is 1570. The van der Waals surface area contributed by atoms with Crippen molar-refractivity contribution in [3.8, 4) is 5.69 Å². The average molecular weight is 556 g/mol. The normalized spacial score (nSPS) is 16.6. The van der Waals surface area contributed by atoms with E-state index in [4.69, 9.17) is 17.0 Å². The van der Waals surface area contributed by atoms with Crippen LogP contribution in [0.4, 0.5) is 11.4 Å². The van der Waals surface area contributed by atoms with Gasteiger partial charge in [-0.25, -0.2) is 4.79 Å². The summed E-state index contributed by atoms with van der Waals surface area (Å²) in [7, 11) is 1.47. The minimum Gasteiger partial charge on any atom is -0.478 e. The van der Waals surface area contributed by atoms with Gasteiger partial charge in [0, 0.05) is 41.8 Å². The van der Waals surface area contributed by atoms with Gasteiger partial charge < -0.3 is 29.9 Å². The zero-order valence-corrected chi connectivity index (χ0v) is 23.1. The van der Waals surface area contributed by atoms with E-state index in [1.807, 2.05) is 62.4 Å². The molecule has 1 fully saturated rings. The summed E-state index contributed by atoms with van der Waals surface area (Å²) in [6.07, 6.45) is 1.76. The number of aromatic carboxylic acids is 1. The maximum Gasteiger partial charge on any atom is 0.335 e. The molecule has 1 aliphatic rings. The quantitative estimate of drug-likeness (QED) is 0.262. The summed E-state index contributed by atoms with van der Waals surface area (Å²) in [5.74, 6) is -1.21. The van der Waals surface area contributed by atoms with Crippen molar-refractivity contribution >= 4 is 40.6 Å². The molecule has 1 saturated heterocycles. The minimum atomic E-state index is -0.974. The second-order valence-corrected chi connectivity index (χ2v) is 9.93. The van der Waals surface area contributed by atoms with E-state index < -0.39 is 5.97 Å². The molecule has 0 aliphatic carbocycles. The van der Waals surface area contributed by atoms with Gasteiger partial charge in [-0.05, 0) is 92.3 Å². The van der Waals surface area contributed by atoms with Crippen molar-refractivity contribution in [2.24, 2.45) is 0 Å². The molecular formula is C30H29N5O4S. The number of thiocarbonyl (C=S) groups is 1. The number of carbonyl (C=O) groups is 2. The number of aromatic nitrogens is 2. The highest BCUT2D eigenvalue weighted by Crippen LogP contribution is 2.44. The van der Waals surface area contributed by atoms with E-state index in [9.17, 15) is 14.7 Å². The van der Waals surface area contributed by atoms with Crippen molar-refractivity contribution in [2.75, 3.05) is 23.9 Å². The van der Waals surface area contributed by atoms with Gasteiger partial charge in [-0.1, -0.05) is 12.1 Å². The van der Waals surface area contributed by atoms with Crippen LogP contribution in [0.1, 0.15) is 45.1 Å². The van der Waals surface area contributed by atoms with Crippen molar-refractivity contribution in [3.63, 3.8) is 0 Å². The molecule has 10 heteroatoms. The molecule has 3 N–H and O–H groups in total. The number of nitrogens with one attached hydrogen (secondary N) is 2. The molecule has 204 valence electrons. The van der Waals surface area contributed by atoms with Gasteiger partial charge in [0.1, 0.15) is 6.61 Å². The minimum absolute atomic E-state index is 0.0271. The zero-order valence-electron chi connectivity index (χ0n) is 22.3. The maximum atomic E-state index is 12.0. The first kappa shape index (κ1) is 27.0. The fourth-order valence-electron chi connectivity index (χ4n) is 5.24. The number of methoxy groups -OCH3 is 1. The van der Waals surface area contributed by atoms with E-state index in [1.54, 1.807) is 24.4 Å². The summed E-state index contributed by atoms with van der Waals surface area (Å²) in [6, 6.07) is 21.8. The second kappa shape index (κ2) is 11.3. The smallest absolute Gasteiger partial charge is 0.335 e. The van der Waals surface area contributed by atoms with Crippen LogP contribution < -0.4 is 15.5 Å². The van der Waals surface area contributed by atoms with Crippen LogP contribution in [0.3, 0.4) is 0 Å². The van der Waals surface area contributed by atoms with E-state index in [1.165, 1.54) is 7.11 Å². The molecular weight excluding hydrogens is 526 g/mol. The lowest BCUT2D eigenvalue weighted by molar-refractivity contribution is -0.119. The second-order valence-electron chi connectivity index (χ2n) is 9.54. The first-order valence-corrected chi connectivity index (χ1v) is 13.1. The molecule has 1 aliphatic heterocycles. The van der Waals surface area contributed by atoms with Gasteiger partial charge in [0.05, 0.1) is 23.3 Å². The van der Waals surface area contributed by atoms with E-state index in [2.05, 4.69) is 31.2 Å². The molecule has 9 nitrogen and oxygen atoms in total. The number of carboxylic acid groups (broad SMARTS) is 1. The number of benzene rings is 2. The Morgan fingerprint density at radius 3 is 2.50 bits per heavy atom. The molecule has 1 amide bonds. The van der Waals surface area contributed by atoms with Crippen molar-refractivity contribution in [3.05, 3.63) is 107 Å². The van der Waals surface area contributed by atoms with Gasteiger partial charge in [-0.2, -0.15) is 0 Å². The first-order valence-electron chi connectivity index (χ1n) is 12.7. The number of hydrogen-bond donors (Lipinski definition) is 3. The lowest BCUT2D eigenvalue weighted by atomic mass is 9.96. The van der Waals surface area contributed by atoms with Gasteiger partial charge in [0.2, 0.25) is 5.91 Å². The summed E-state index contributed by atoms with van der Waals surface area (Å²) in [5.41, 5.74) is 6.29. The Hall–Kier alpha value is -4.54. The number of nitrogens with zero attached hydrogens (tertiary/aromatic N) is 3. The zero-order chi connectivity index (χ0) is 28.4. The average Bonchev–Trinajstić information content (AvgIpc) is 3.44. The number of ether oxygens (including phenoxy) is 1. The lowest BCUT2D eigenvalue weighted by Gasteiger charge is -2.28. The standard InChI is InChI=1S/C30H29N5O4S/c1-18-15-24(19(2)34(18)23-8-6-7-20(16-23)29(37)38)28-27(25-9-4-5-14-31-25)33-30(40)35(28)22-12-10-21(11-13-22)32-26(36)17-39-3/h4-16,27-28H,17H2,1-3H3,(H,32,36)(H,33,40)(H,37,38)/t27-,28+/m0/s1. The summed E-state index contributed by atoms with van der Waals surface area (Å²) < 4.78 is 6.96. The maximum absolute atomic E-state index is 12.0. The summed E-state index contributed by atoms with van der Waals surface area (Å²) in [5, 5.41) is 16.4. The molecule has 0 unspecified atom stereocenters. The van der Waals surface area contributed by atoms with Crippen LogP contribution in [0.25, 0.3) is 5.69 Å². The van der Waals surface area contributed by atoms with Crippen LogP contribution in [0.5, 0.6) is 0 Å². The molecule has 2 atom stereocenters. The molecule has 0 spiro atoms. The molecule has 5 rings (SSSR count). The van der Waals surface area contributed by atoms with Crippen LogP contribution in [0.15, 0.2) is 79.0 Å². The monoisotopic (exact) mass is 555 g/mol. The molecule has 0 saturated carbocycles. The predicted octanol–water partition coefficient (Wildman–Crippen LogP) is 4.95. The van der Waals surface area contributed by atoms with E-state index in [0.29, 0.717) is 10.8 Å². The third-order valence-corrected chi connectivity index (χ3v) is 7.26. The number of aryl methyl sites for hydroxylation is 1. The molecule has 3 heterocycles. The largest absolute Gasteiger partial charge is 0.478 e. The number of rotatable bonds is 8. The fraction of sp³-hybridized carbons (Fsp3) is 0.200. The van der Waals surface area contributed by atoms with Crippen LogP contribution in [-0.2, 0) is 9.53 Å². The van der Waals surface area contributed by atoms with E-state index in [0.717, 1.165) is 34.0 Å². The fourth-order valence-corrected chi connectivity index (χ4v) is 5.59. The van der Waals surface area contributed by atoms with Gasteiger partial charge in [-0.3, -0.25) is 9.78 Å². The molecule has 40 heavy (non-hydrogen) atoms. The highest BCUT2D eigenvalue weighted by Gasteiger charge is 2.42. The SMILES string of the molecule is COCC(=O)Nc1ccc(N2C(=S)N[C@@H](c3ccccn3)[C@H]2c2cc(C)n(-c3cccc(C(=O)O)c3)c2C)cc1. The molecule has 2 aromatic heterocycles. The number of carboxylic acids is 1. The Labute approximate surface area is 237 Å². The van der Waals surface area contributed by atoms with Crippen LogP contribution in [0, 0.1) is 13.8 Å². The van der Waals surface area contributed by atoms with E-state index in [-0.39, 0.29) is 30.2 Å². The number of amides is 1. The molecule has 0 bridgehead atoms. The number of hydrogen-bond acceptors (Lipinski definition) is 5. The van der Waals surface area contributed by atoms with Gasteiger partial charge in [0.25, 0.3) is 0 Å². The van der Waals surface area contributed by atoms with Gasteiger partial charge in [0.15, 0.2) is 5.11 Å². The van der Waals surface area contributed by atoms with Crippen molar-refractivity contribution < 1.29 is 19.4 Å².